The van der Waals surface area contributed by atoms with Gasteiger partial charge >= 0.3 is 96.5 Å². The minimum absolute atomic E-state index is 0. The fourth-order valence-electron chi connectivity index (χ4n) is 1.05. The fourth-order valence-corrected chi connectivity index (χ4v) is 1.46. The average Bonchev–Trinajstić information content (AvgIpc) is 2.01. The van der Waals surface area contributed by atoms with Gasteiger partial charge in [-0.25, -0.2) is 0 Å². The molecule has 83 valence electrons. The van der Waals surface area contributed by atoms with Crippen molar-refractivity contribution in [2.75, 3.05) is 0 Å². The van der Waals surface area contributed by atoms with Crippen LogP contribution < -0.4 is 28.1 Å². The van der Waals surface area contributed by atoms with E-state index in [4.69, 9.17) is 14.9 Å². The second-order valence-electron chi connectivity index (χ2n) is 4.03. The van der Waals surface area contributed by atoms with E-state index in [0.717, 1.165) is 10.8 Å². The van der Waals surface area contributed by atoms with Crippen LogP contribution in [-0.2, 0) is 26.2 Å². The van der Waals surface area contributed by atoms with Crippen LogP contribution in [0.15, 0.2) is 18.2 Å². The third kappa shape index (κ3) is 5.47. The van der Waals surface area contributed by atoms with Gasteiger partial charge in [0.15, 0.2) is 0 Å². The maximum atomic E-state index is 5.95. The predicted octanol–water partition coefficient (Wildman–Crippen LogP) is -2.51. The van der Waals surface area contributed by atoms with Crippen LogP contribution in [0.2, 0.25) is 5.02 Å². The molecule has 0 aliphatic heterocycles. The fraction of sp³-hybridized carbons (Fsp3) is 0.400. The summed E-state index contributed by atoms with van der Waals surface area (Å²) >= 11 is 7.61. The molecule has 0 N–H and O–H groups in total. The van der Waals surface area contributed by atoms with E-state index in [0.29, 0.717) is 0 Å². The zero-order chi connectivity index (χ0) is 10.1. The molecule has 0 saturated heterocycles. The molecule has 0 atom stereocenters. The van der Waals surface area contributed by atoms with Gasteiger partial charge in [0.25, 0.3) is 0 Å². The summed E-state index contributed by atoms with van der Waals surface area (Å²) in [4.78, 5) is 0. The van der Waals surface area contributed by atoms with Crippen LogP contribution in [-0.4, -0.2) is 0 Å². The molecule has 0 aromatic heterocycles. The van der Waals surface area contributed by atoms with Crippen LogP contribution in [0.4, 0.5) is 0 Å². The SMILES string of the molecule is CC(C)(C)c1cc(Cl)cc([O][Ti+2])c1.[Cl-].[Cl-]. The summed E-state index contributed by atoms with van der Waals surface area (Å²) in [5, 5.41) is 0.726. The quantitative estimate of drug-likeness (QED) is 0.521. The molecule has 1 nitrogen and oxygen atoms in total. The van der Waals surface area contributed by atoms with E-state index in [-0.39, 0.29) is 30.2 Å². The van der Waals surface area contributed by atoms with Gasteiger partial charge in [-0.2, -0.15) is 0 Å². The van der Waals surface area contributed by atoms with Gasteiger partial charge in [0.05, 0.1) is 0 Å². The van der Waals surface area contributed by atoms with Crippen molar-refractivity contribution in [2.45, 2.75) is 26.2 Å². The number of rotatable bonds is 1. The molecular weight excluding hydrogens is 290 g/mol. The standard InChI is InChI=1S/C10H13ClO.2ClH.Ti/c1-10(2,3)7-4-8(11)6-9(12)5-7;;;/h4-6,12H,1-3H3;2*1H;/q;;;+3/p-3. The monoisotopic (exact) mass is 301 g/mol. The maximum Gasteiger partial charge on any atom is -1.00 e. The molecule has 0 radical (unpaired) electrons. The van der Waals surface area contributed by atoms with E-state index < -0.39 is 0 Å². The Kier molecular flexibility index (Phi) is 8.43. The molecule has 0 aliphatic carbocycles. The Bertz CT molecular complexity index is 310. The Morgan fingerprint density at radius 1 is 1.13 bits per heavy atom. The summed E-state index contributed by atoms with van der Waals surface area (Å²) in [6.07, 6.45) is 0. The third-order valence-electron chi connectivity index (χ3n) is 1.86. The van der Waals surface area contributed by atoms with Crippen LogP contribution >= 0.6 is 11.6 Å². The summed E-state index contributed by atoms with van der Waals surface area (Å²) in [5.74, 6) is 0.817. The van der Waals surface area contributed by atoms with Crippen LogP contribution in [0.1, 0.15) is 26.3 Å². The minimum Gasteiger partial charge on any atom is -1.00 e. The molecule has 0 fully saturated rings. The van der Waals surface area contributed by atoms with Gasteiger partial charge in [-0.3, -0.25) is 0 Å². The zero-order valence-corrected chi connectivity index (χ0v) is 12.6. The second kappa shape index (κ2) is 7.03. The first kappa shape index (κ1) is 18.0. The normalized spacial score (nSPS) is 10.0. The summed E-state index contributed by atoms with van der Waals surface area (Å²) in [5.41, 5.74) is 1.30. The molecule has 15 heavy (non-hydrogen) atoms. The average molecular weight is 302 g/mol. The number of hydrogen-bond acceptors (Lipinski definition) is 1. The number of hydrogen-bond donors (Lipinski definition) is 0. The van der Waals surface area contributed by atoms with Gasteiger partial charge in [-0.05, 0) is 0 Å². The smallest absolute Gasteiger partial charge is 1.00 e. The number of halogens is 3. The predicted molar refractivity (Wildman–Crippen MR) is 50.8 cm³/mol. The Labute approximate surface area is 121 Å². The molecule has 1 aromatic carbocycles. The first-order chi connectivity index (χ1) is 5.93. The van der Waals surface area contributed by atoms with Crippen LogP contribution in [0.5, 0.6) is 5.75 Å². The Hall–Kier alpha value is 0.604. The van der Waals surface area contributed by atoms with E-state index >= 15 is 0 Å². The van der Waals surface area contributed by atoms with E-state index in [1.165, 1.54) is 5.56 Å². The summed E-state index contributed by atoms with van der Waals surface area (Å²) in [6.45, 7) is 6.45. The van der Waals surface area contributed by atoms with Crippen molar-refractivity contribution in [1.29, 1.82) is 0 Å². The zero-order valence-electron chi connectivity index (χ0n) is 8.77. The van der Waals surface area contributed by atoms with E-state index in [2.05, 4.69) is 20.8 Å². The first-order valence-electron chi connectivity index (χ1n) is 4.08. The molecule has 0 spiro atoms. The molecule has 5 heteroatoms. The van der Waals surface area contributed by atoms with Gasteiger partial charge in [0.1, 0.15) is 0 Å². The Morgan fingerprint density at radius 3 is 2.07 bits per heavy atom. The molecule has 0 amide bonds. The molecule has 1 rings (SSSR count). The van der Waals surface area contributed by atoms with Crippen molar-refractivity contribution >= 4 is 11.6 Å². The van der Waals surface area contributed by atoms with E-state index in [1.54, 1.807) is 20.8 Å². The van der Waals surface area contributed by atoms with Gasteiger partial charge < -0.3 is 24.8 Å². The topological polar surface area (TPSA) is 9.23 Å². The van der Waals surface area contributed by atoms with E-state index in [9.17, 15) is 0 Å². The summed E-state index contributed by atoms with van der Waals surface area (Å²) in [6, 6.07) is 5.81. The molecule has 0 unspecified atom stereocenters. The van der Waals surface area contributed by atoms with Crippen molar-refractivity contribution in [3.63, 3.8) is 0 Å². The largest absolute Gasteiger partial charge is 1.00 e. The molecular formula is C10H12Cl3OTi. The van der Waals surface area contributed by atoms with Gasteiger partial charge in [-0.15, -0.1) is 0 Å². The molecule has 0 bridgehead atoms. The molecule has 0 heterocycles. The van der Waals surface area contributed by atoms with Gasteiger partial charge in [0, 0.05) is 0 Å². The summed E-state index contributed by atoms with van der Waals surface area (Å²) in [7, 11) is 0. The minimum atomic E-state index is 0. The van der Waals surface area contributed by atoms with Crippen molar-refractivity contribution in [1.82, 2.24) is 0 Å². The molecule has 1 aromatic rings. The first-order valence-corrected chi connectivity index (χ1v) is 5.09. The number of benzene rings is 1. The molecule has 0 saturated carbocycles. The second-order valence-corrected chi connectivity index (χ2v) is 4.78. The summed E-state index contributed by atoms with van der Waals surface area (Å²) < 4.78 is 5.15. The van der Waals surface area contributed by atoms with Crippen molar-refractivity contribution in [3.8, 4) is 5.75 Å². The Balaban J connectivity index is 0. The molecule has 0 aliphatic rings. The van der Waals surface area contributed by atoms with Crippen molar-refractivity contribution in [3.05, 3.63) is 28.8 Å². The van der Waals surface area contributed by atoms with Gasteiger partial charge in [0.2, 0.25) is 0 Å². The van der Waals surface area contributed by atoms with Crippen LogP contribution in [0.3, 0.4) is 0 Å². The van der Waals surface area contributed by atoms with Crippen molar-refractivity contribution in [2.24, 2.45) is 0 Å². The third-order valence-corrected chi connectivity index (χ3v) is 2.44. The van der Waals surface area contributed by atoms with Crippen molar-refractivity contribution < 1.29 is 49.0 Å². The van der Waals surface area contributed by atoms with Crippen LogP contribution in [0.25, 0.3) is 0 Å². The maximum absolute atomic E-state index is 5.95. The van der Waals surface area contributed by atoms with E-state index in [1.807, 2.05) is 18.2 Å². The van der Waals surface area contributed by atoms with Crippen LogP contribution in [0, 0.1) is 0 Å². The Morgan fingerprint density at radius 2 is 1.67 bits per heavy atom. The van der Waals surface area contributed by atoms with Gasteiger partial charge in [-0.1, -0.05) is 0 Å².